The van der Waals surface area contributed by atoms with E-state index >= 15 is 0 Å². The molecule has 2 heterocycles. The van der Waals surface area contributed by atoms with Gasteiger partial charge in [-0.15, -0.1) is 11.3 Å². The lowest BCUT2D eigenvalue weighted by atomic mass is 9.92. The first-order valence-electron chi connectivity index (χ1n) is 11.6. The molecule has 0 atom stereocenters. The molecule has 8 nitrogen and oxygen atoms in total. The van der Waals surface area contributed by atoms with Gasteiger partial charge in [0.1, 0.15) is 11.5 Å². The Morgan fingerprint density at radius 3 is 2.53 bits per heavy atom. The maximum atomic E-state index is 13.1. The molecule has 2 amide bonds. The van der Waals surface area contributed by atoms with Gasteiger partial charge < -0.3 is 25.4 Å². The number of aromatic amines is 1. The maximum Gasteiger partial charge on any atom is 0.276 e. The number of carbonyl (C=O) groups excluding carboxylic acids is 2. The van der Waals surface area contributed by atoms with Crippen LogP contribution in [0.25, 0.3) is 10.9 Å². The molecule has 3 N–H and O–H groups in total. The summed E-state index contributed by atoms with van der Waals surface area (Å²) in [4.78, 5) is 37.8. The molecule has 2 aromatic heterocycles. The monoisotopic (exact) mass is 482 g/mol. The zero-order valence-corrected chi connectivity index (χ0v) is 21.6. The van der Waals surface area contributed by atoms with Gasteiger partial charge in [0.2, 0.25) is 0 Å². The molecule has 182 valence electrons. The highest BCUT2D eigenvalue weighted by molar-refractivity contribution is 7.13. The van der Waals surface area contributed by atoms with E-state index in [9.17, 15) is 9.59 Å². The Bertz CT molecular complexity index is 1200. The zero-order valence-electron chi connectivity index (χ0n) is 20.8. The summed E-state index contributed by atoms with van der Waals surface area (Å²) >= 11 is 1.40. The summed E-state index contributed by atoms with van der Waals surface area (Å²) in [5.74, 6) is -0.129. The summed E-state index contributed by atoms with van der Waals surface area (Å²) in [6, 6.07) is 6.24. The lowest BCUT2D eigenvalue weighted by Gasteiger charge is -2.25. The highest BCUT2D eigenvalue weighted by Crippen LogP contribution is 2.32. The van der Waals surface area contributed by atoms with Crippen LogP contribution in [0.15, 0.2) is 23.6 Å². The predicted octanol–water partition coefficient (Wildman–Crippen LogP) is 4.71. The Morgan fingerprint density at radius 2 is 1.91 bits per heavy atom. The van der Waals surface area contributed by atoms with Gasteiger partial charge in [-0.3, -0.25) is 9.59 Å². The van der Waals surface area contributed by atoms with E-state index in [1.54, 1.807) is 5.38 Å². The molecule has 1 saturated carbocycles. The number of fused-ring (bicyclic) bond motifs is 1. The van der Waals surface area contributed by atoms with Gasteiger partial charge in [0.05, 0.1) is 5.56 Å². The van der Waals surface area contributed by atoms with Crippen molar-refractivity contribution in [1.82, 2.24) is 15.3 Å². The highest BCUT2D eigenvalue weighted by atomic mass is 32.1. The van der Waals surface area contributed by atoms with E-state index in [2.05, 4.69) is 53.3 Å². The topological polar surface area (TPSA) is 93.4 Å². The summed E-state index contributed by atoms with van der Waals surface area (Å²) < 4.78 is 0. The number of hydrogen-bond donors (Lipinski definition) is 3. The van der Waals surface area contributed by atoms with Crippen molar-refractivity contribution in [1.29, 1.82) is 0 Å². The van der Waals surface area contributed by atoms with Crippen molar-refractivity contribution >= 4 is 50.7 Å². The molecule has 0 spiro atoms. The minimum atomic E-state index is -0.348. The summed E-state index contributed by atoms with van der Waals surface area (Å²) in [6.45, 7) is 7.63. The van der Waals surface area contributed by atoms with Crippen LogP contribution >= 0.6 is 11.3 Å². The average Bonchev–Trinajstić information content (AvgIpc) is 3.30. The lowest BCUT2D eigenvalue weighted by Crippen LogP contribution is -2.26. The van der Waals surface area contributed by atoms with Gasteiger partial charge in [-0.1, -0.05) is 20.8 Å². The molecule has 0 unspecified atom stereocenters. The van der Waals surface area contributed by atoms with E-state index in [0.717, 1.165) is 47.5 Å². The molecule has 4 rings (SSSR count). The number of thiazole rings is 1. The van der Waals surface area contributed by atoms with E-state index in [0.29, 0.717) is 17.1 Å². The van der Waals surface area contributed by atoms with E-state index in [4.69, 9.17) is 0 Å². The number of H-pyrrole nitrogens is 1. The molecule has 1 aromatic carbocycles. The fourth-order valence-corrected chi connectivity index (χ4v) is 4.36. The quantitative estimate of drug-likeness (QED) is 0.432. The number of aromatic nitrogens is 2. The zero-order chi connectivity index (χ0) is 24.6. The molecule has 9 heteroatoms. The number of anilines is 3. The summed E-state index contributed by atoms with van der Waals surface area (Å²) in [7, 11) is 5.84. The number of benzene rings is 1. The van der Waals surface area contributed by atoms with Crippen molar-refractivity contribution in [3.8, 4) is 0 Å². The van der Waals surface area contributed by atoms with Crippen LogP contribution in [0.1, 0.15) is 60.9 Å². The Kier molecular flexibility index (Phi) is 6.58. The van der Waals surface area contributed by atoms with Crippen LogP contribution in [0.5, 0.6) is 0 Å². The Hall–Kier alpha value is -3.07. The fraction of sp³-hybridized carbons (Fsp3) is 0.480. The van der Waals surface area contributed by atoms with Crippen molar-refractivity contribution in [3.05, 3.63) is 34.8 Å². The number of nitrogens with one attached hydrogen (secondary N) is 3. The van der Waals surface area contributed by atoms with Gasteiger partial charge in [-0.2, -0.15) is 0 Å². The van der Waals surface area contributed by atoms with E-state index in [1.807, 2.05) is 37.2 Å². The van der Waals surface area contributed by atoms with Gasteiger partial charge in [0.15, 0.2) is 5.13 Å². The van der Waals surface area contributed by atoms with Gasteiger partial charge >= 0.3 is 0 Å². The number of rotatable bonds is 8. The van der Waals surface area contributed by atoms with Crippen molar-refractivity contribution in [2.45, 2.75) is 46.1 Å². The second-order valence-corrected chi connectivity index (χ2v) is 11.3. The van der Waals surface area contributed by atoms with Crippen LogP contribution in [0.4, 0.5) is 16.6 Å². The third-order valence-corrected chi connectivity index (χ3v) is 6.91. The van der Waals surface area contributed by atoms with Gasteiger partial charge in [-0.05, 0) is 42.9 Å². The largest absolute Gasteiger partial charge is 0.375 e. The van der Waals surface area contributed by atoms with Crippen LogP contribution in [0.3, 0.4) is 0 Å². The molecule has 0 bridgehead atoms. The SMILES string of the molecule is CN(C)c1nc(C(=O)Nc2[nH]c3cc(N(C)CCC(C)(C)C)ccc3c2C(=O)NC2CC2)cs1. The van der Waals surface area contributed by atoms with Crippen molar-refractivity contribution in [3.63, 3.8) is 0 Å². The molecule has 0 saturated heterocycles. The van der Waals surface area contributed by atoms with Gasteiger partial charge in [0.25, 0.3) is 11.8 Å². The minimum Gasteiger partial charge on any atom is -0.375 e. The number of nitrogens with zero attached hydrogens (tertiary/aromatic N) is 3. The molecule has 0 aliphatic heterocycles. The normalized spacial score (nSPS) is 13.7. The van der Waals surface area contributed by atoms with Crippen LogP contribution < -0.4 is 20.4 Å². The molecule has 34 heavy (non-hydrogen) atoms. The first-order chi connectivity index (χ1) is 16.0. The van der Waals surface area contributed by atoms with Crippen LogP contribution in [0.2, 0.25) is 0 Å². The lowest BCUT2D eigenvalue weighted by molar-refractivity contribution is 0.0953. The second kappa shape index (κ2) is 9.29. The predicted molar refractivity (Wildman–Crippen MR) is 141 cm³/mol. The maximum absolute atomic E-state index is 13.1. The van der Waals surface area contributed by atoms with Crippen LogP contribution in [-0.4, -0.2) is 55.5 Å². The third-order valence-electron chi connectivity index (χ3n) is 5.91. The Balaban J connectivity index is 1.64. The third kappa shape index (κ3) is 5.52. The highest BCUT2D eigenvalue weighted by Gasteiger charge is 2.28. The Labute approximate surface area is 204 Å². The molecular weight excluding hydrogens is 448 g/mol. The van der Waals surface area contributed by atoms with E-state index in [1.165, 1.54) is 11.3 Å². The first-order valence-corrected chi connectivity index (χ1v) is 12.5. The van der Waals surface area contributed by atoms with Crippen molar-refractivity contribution < 1.29 is 9.59 Å². The molecule has 1 aliphatic carbocycles. The fourth-order valence-electron chi connectivity index (χ4n) is 3.62. The van der Waals surface area contributed by atoms with E-state index < -0.39 is 0 Å². The van der Waals surface area contributed by atoms with Gasteiger partial charge in [0, 0.05) is 55.7 Å². The van der Waals surface area contributed by atoms with Crippen LogP contribution in [-0.2, 0) is 0 Å². The molecule has 3 aromatic rings. The second-order valence-electron chi connectivity index (χ2n) is 10.4. The minimum absolute atomic E-state index is 0.176. The Morgan fingerprint density at radius 1 is 1.18 bits per heavy atom. The average molecular weight is 483 g/mol. The molecule has 1 fully saturated rings. The van der Waals surface area contributed by atoms with Gasteiger partial charge in [-0.25, -0.2) is 4.98 Å². The molecule has 1 aliphatic rings. The number of hydrogen-bond acceptors (Lipinski definition) is 6. The standard InChI is InChI=1S/C25H34N6O2S/c1-25(2,3)11-12-31(6)16-9-10-17-18(13-16)27-21(20(17)23(33)26-15-7-8-15)29-22(32)19-14-34-24(28-19)30(4)5/h9-10,13-15,27H,7-8,11-12H2,1-6H3,(H,26,33)(H,29,32). The van der Waals surface area contributed by atoms with Crippen molar-refractivity contribution in [2.24, 2.45) is 5.41 Å². The van der Waals surface area contributed by atoms with E-state index in [-0.39, 0.29) is 23.3 Å². The molecular formula is C25H34N6O2S. The number of amides is 2. The van der Waals surface area contributed by atoms with Crippen LogP contribution in [0, 0.1) is 5.41 Å². The van der Waals surface area contributed by atoms with Crippen molar-refractivity contribution in [2.75, 3.05) is 42.8 Å². The summed E-state index contributed by atoms with van der Waals surface area (Å²) in [5, 5.41) is 9.20. The summed E-state index contributed by atoms with van der Waals surface area (Å²) in [5.41, 5.74) is 2.90. The summed E-state index contributed by atoms with van der Waals surface area (Å²) in [6.07, 6.45) is 3.04. The smallest absolute Gasteiger partial charge is 0.276 e. The molecule has 0 radical (unpaired) electrons. The number of carbonyl (C=O) groups is 2. The first kappa shape index (κ1) is 24.1.